The Morgan fingerprint density at radius 3 is 2.80 bits per heavy atom. The largest absolute Gasteiger partial charge is 0.486 e. The Kier molecular flexibility index (Phi) is 5.20. The Morgan fingerprint density at radius 1 is 1.32 bits per heavy atom. The quantitative estimate of drug-likeness (QED) is 0.875. The van der Waals surface area contributed by atoms with Crippen LogP contribution in [0, 0.1) is 0 Å². The summed E-state index contributed by atoms with van der Waals surface area (Å²) < 4.78 is 11.1. The van der Waals surface area contributed by atoms with E-state index in [-0.39, 0.29) is 11.3 Å². The van der Waals surface area contributed by atoms with Gasteiger partial charge in [-0.1, -0.05) is 32.4 Å². The van der Waals surface area contributed by atoms with E-state index in [9.17, 15) is 4.79 Å². The third-order valence-electron chi connectivity index (χ3n) is 3.73. The number of thiazole rings is 1. The number of carbonyl (C=O) groups excluding carboxylic acids is 1. The first-order valence-electron chi connectivity index (χ1n) is 8.17. The monoisotopic (exact) mass is 380 g/mol. The van der Waals surface area contributed by atoms with Crippen molar-refractivity contribution in [2.24, 2.45) is 0 Å². The van der Waals surface area contributed by atoms with Crippen molar-refractivity contribution in [3.8, 4) is 11.5 Å². The lowest BCUT2D eigenvalue weighted by Gasteiger charge is -2.20. The molecule has 2 aromatic rings. The van der Waals surface area contributed by atoms with Crippen LogP contribution in [0.4, 0.5) is 0 Å². The minimum Gasteiger partial charge on any atom is -0.486 e. The first-order valence-corrected chi connectivity index (χ1v) is 9.36. The number of fused-ring (bicyclic) bond motifs is 1. The summed E-state index contributed by atoms with van der Waals surface area (Å²) in [4.78, 5) is 17.2. The molecule has 0 saturated heterocycles. The molecule has 1 aromatic carbocycles. The number of carbonyl (C=O) groups is 1. The molecule has 134 valence electrons. The maximum absolute atomic E-state index is 12.3. The lowest BCUT2D eigenvalue weighted by molar-refractivity contribution is 0.0958. The summed E-state index contributed by atoms with van der Waals surface area (Å²) in [6, 6.07) is 3.77. The van der Waals surface area contributed by atoms with Gasteiger partial charge in [-0.05, 0) is 24.1 Å². The molecule has 1 aliphatic rings. The molecule has 1 aromatic heterocycles. The summed E-state index contributed by atoms with van der Waals surface area (Å²) in [5, 5.41) is 4.42. The van der Waals surface area contributed by atoms with Crippen molar-refractivity contribution >= 4 is 28.8 Å². The van der Waals surface area contributed by atoms with Crippen LogP contribution in [-0.4, -0.2) is 30.6 Å². The molecule has 7 heteroatoms. The molecular formula is C18H21ClN2O3S. The second-order valence-electron chi connectivity index (χ2n) is 6.89. The summed E-state index contributed by atoms with van der Waals surface area (Å²) in [6.07, 6.45) is 2.30. The fourth-order valence-corrected chi connectivity index (χ4v) is 3.62. The fourth-order valence-electron chi connectivity index (χ4n) is 2.44. The highest BCUT2D eigenvalue weighted by molar-refractivity contribution is 7.13. The highest BCUT2D eigenvalue weighted by atomic mass is 35.5. The molecule has 0 radical (unpaired) electrons. The number of nitrogens with zero attached hydrogens (tertiary/aromatic N) is 1. The molecule has 3 rings (SSSR count). The van der Waals surface area contributed by atoms with Crippen molar-refractivity contribution in [3.05, 3.63) is 38.8 Å². The molecule has 0 saturated carbocycles. The van der Waals surface area contributed by atoms with E-state index in [4.69, 9.17) is 21.1 Å². The highest BCUT2D eigenvalue weighted by Gasteiger charge is 2.20. The second-order valence-corrected chi connectivity index (χ2v) is 8.33. The number of rotatable bonds is 4. The van der Waals surface area contributed by atoms with Crippen LogP contribution in [0.2, 0.25) is 5.02 Å². The van der Waals surface area contributed by atoms with Gasteiger partial charge in [0.25, 0.3) is 5.91 Å². The minimum absolute atomic E-state index is 0.0504. The van der Waals surface area contributed by atoms with Crippen molar-refractivity contribution in [1.29, 1.82) is 0 Å². The van der Waals surface area contributed by atoms with Crippen LogP contribution in [0.5, 0.6) is 11.5 Å². The van der Waals surface area contributed by atoms with Crippen LogP contribution in [0.1, 0.15) is 41.0 Å². The Bertz CT molecular complexity index is 783. The van der Waals surface area contributed by atoms with Crippen LogP contribution in [0.15, 0.2) is 18.3 Å². The number of benzene rings is 1. The number of hydrogen-bond acceptors (Lipinski definition) is 5. The normalized spacial score (nSPS) is 13.6. The molecule has 0 aliphatic carbocycles. The molecule has 0 bridgehead atoms. The summed E-state index contributed by atoms with van der Waals surface area (Å²) in [7, 11) is 0. The van der Waals surface area contributed by atoms with Gasteiger partial charge in [-0.15, -0.1) is 11.3 Å². The van der Waals surface area contributed by atoms with Crippen molar-refractivity contribution in [2.45, 2.75) is 32.6 Å². The van der Waals surface area contributed by atoms with Crippen molar-refractivity contribution in [3.63, 3.8) is 0 Å². The van der Waals surface area contributed by atoms with E-state index in [1.807, 2.05) is 12.1 Å². The third kappa shape index (κ3) is 4.25. The smallest absolute Gasteiger partial charge is 0.263 e. The van der Waals surface area contributed by atoms with E-state index in [2.05, 4.69) is 31.1 Å². The zero-order valence-electron chi connectivity index (χ0n) is 14.5. The van der Waals surface area contributed by atoms with E-state index in [0.29, 0.717) is 47.6 Å². The summed E-state index contributed by atoms with van der Waals surface area (Å²) in [6.45, 7) is 7.79. The average Bonchev–Trinajstić information content (AvgIpc) is 3.05. The Morgan fingerprint density at radius 2 is 2.08 bits per heavy atom. The Balaban J connectivity index is 1.58. The van der Waals surface area contributed by atoms with E-state index in [1.165, 1.54) is 11.3 Å². The Hall–Kier alpha value is -1.79. The zero-order chi connectivity index (χ0) is 18.0. The second kappa shape index (κ2) is 7.22. The van der Waals surface area contributed by atoms with Crippen LogP contribution in [0.25, 0.3) is 0 Å². The molecule has 1 amide bonds. The number of hydrogen-bond donors (Lipinski definition) is 1. The molecule has 0 fully saturated rings. The topological polar surface area (TPSA) is 60.5 Å². The molecule has 2 heterocycles. The lowest BCUT2D eigenvalue weighted by atomic mass is 9.98. The van der Waals surface area contributed by atoms with Gasteiger partial charge in [-0.2, -0.15) is 0 Å². The first-order chi connectivity index (χ1) is 11.8. The molecule has 0 spiro atoms. The van der Waals surface area contributed by atoms with Gasteiger partial charge < -0.3 is 14.8 Å². The standard InChI is InChI=1S/C18H21ClN2O3S/c1-18(2,3)17-21-10-14(25-17)16(22)20-5-4-11-8-12(19)15-13(9-11)23-6-7-24-15/h8-10H,4-7H2,1-3H3,(H,20,22). The molecular weight excluding hydrogens is 360 g/mol. The SMILES string of the molecule is CC(C)(C)c1ncc(C(=O)NCCc2cc(Cl)c3c(c2)OCCO3)s1. The van der Waals surface area contributed by atoms with E-state index in [0.717, 1.165) is 10.6 Å². The minimum atomic E-state index is -0.100. The maximum Gasteiger partial charge on any atom is 0.263 e. The van der Waals surface area contributed by atoms with Crippen molar-refractivity contribution < 1.29 is 14.3 Å². The number of nitrogens with one attached hydrogen (secondary N) is 1. The summed E-state index contributed by atoms with van der Waals surface area (Å²) in [5.74, 6) is 1.16. The van der Waals surface area contributed by atoms with E-state index < -0.39 is 0 Å². The van der Waals surface area contributed by atoms with Crippen LogP contribution in [-0.2, 0) is 11.8 Å². The van der Waals surface area contributed by atoms with Gasteiger partial charge in [-0.25, -0.2) is 4.98 Å². The summed E-state index contributed by atoms with van der Waals surface area (Å²) >= 11 is 7.67. The van der Waals surface area contributed by atoms with Gasteiger partial charge in [0.05, 0.1) is 16.2 Å². The molecule has 0 unspecified atom stereocenters. The number of amides is 1. The molecule has 0 atom stereocenters. The third-order valence-corrected chi connectivity index (χ3v) is 5.43. The van der Waals surface area contributed by atoms with Crippen molar-refractivity contribution in [2.75, 3.05) is 19.8 Å². The highest BCUT2D eigenvalue weighted by Crippen LogP contribution is 2.38. The van der Waals surface area contributed by atoms with Crippen LogP contribution >= 0.6 is 22.9 Å². The van der Waals surface area contributed by atoms with Gasteiger partial charge in [0, 0.05) is 12.0 Å². The fraction of sp³-hybridized carbons (Fsp3) is 0.444. The van der Waals surface area contributed by atoms with E-state index >= 15 is 0 Å². The van der Waals surface area contributed by atoms with Crippen LogP contribution in [0.3, 0.4) is 0 Å². The van der Waals surface area contributed by atoms with Gasteiger partial charge in [0.15, 0.2) is 11.5 Å². The van der Waals surface area contributed by atoms with Gasteiger partial charge in [-0.3, -0.25) is 4.79 Å². The maximum atomic E-state index is 12.3. The van der Waals surface area contributed by atoms with Gasteiger partial charge in [0.2, 0.25) is 0 Å². The predicted molar refractivity (Wildman–Crippen MR) is 99.3 cm³/mol. The lowest BCUT2D eigenvalue weighted by Crippen LogP contribution is -2.25. The number of aromatic nitrogens is 1. The molecule has 5 nitrogen and oxygen atoms in total. The van der Waals surface area contributed by atoms with Crippen molar-refractivity contribution in [1.82, 2.24) is 10.3 Å². The zero-order valence-corrected chi connectivity index (χ0v) is 16.1. The van der Waals surface area contributed by atoms with Gasteiger partial charge in [0.1, 0.15) is 18.1 Å². The summed E-state index contributed by atoms with van der Waals surface area (Å²) in [5.41, 5.74) is 0.944. The number of halogens is 1. The predicted octanol–water partition coefficient (Wildman–Crippen LogP) is 3.84. The van der Waals surface area contributed by atoms with Crippen LogP contribution < -0.4 is 14.8 Å². The molecule has 1 N–H and O–H groups in total. The van der Waals surface area contributed by atoms with E-state index in [1.54, 1.807) is 6.20 Å². The first kappa shape index (κ1) is 18.0. The molecule has 1 aliphatic heterocycles. The van der Waals surface area contributed by atoms with Gasteiger partial charge >= 0.3 is 0 Å². The molecule has 25 heavy (non-hydrogen) atoms. The number of ether oxygens (including phenoxy) is 2. The average molecular weight is 381 g/mol. The Labute approximate surface area is 156 Å².